The second-order valence-electron chi connectivity index (χ2n) is 6.53. The second kappa shape index (κ2) is 7.44. The highest BCUT2D eigenvalue weighted by Gasteiger charge is 2.45. The maximum absolute atomic E-state index is 12.4. The van der Waals surface area contributed by atoms with Crippen molar-refractivity contribution in [2.45, 2.75) is 43.7 Å². The third kappa shape index (κ3) is 3.13. The summed E-state index contributed by atoms with van der Waals surface area (Å²) in [7, 11) is 0. The van der Waals surface area contributed by atoms with Gasteiger partial charge >= 0.3 is 6.09 Å². The summed E-state index contributed by atoms with van der Waals surface area (Å²) in [5.74, 6) is 2.87. The number of rotatable bonds is 4. The number of nitrogens with zero attached hydrogens (tertiary/aromatic N) is 1. The van der Waals surface area contributed by atoms with Crippen molar-refractivity contribution in [3.05, 3.63) is 71.8 Å². The maximum Gasteiger partial charge on any atom is 0.409 e. The minimum absolute atomic E-state index is 0.0669. The molecule has 2 aromatic carbocycles. The summed E-state index contributed by atoms with van der Waals surface area (Å²) in [5, 5.41) is 10.1. The Morgan fingerprint density at radius 3 is 1.84 bits per heavy atom. The summed E-state index contributed by atoms with van der Waals surface area (Å²) < 4.78 is 0. The predicted molar refractivity (Wildman–Crippen MR) is 99.2 cm³/mol. The molecule has 1 aliphatic carbocycles. The van der Waals surface area contributed by atoms with Crippen LogP contribution in [0, 0.1) is 12.3 Å². The van der Waals surface area contributed by atoms with Crippen molar-refractivity contribution in [3.63, 3.8) is 0 Å². The molecule has 0 spiro atoms. The lowest BCUT2D eigenvalue weighted by Gasteiger charge is -2.45. The first-order chi connectivity index (χ1) is 12.2. The Balaban J connectivity index is 2.22. The molecule has 1 amide bonds. The van der Waals surface area contributed by atoms with Crippen molar-refractivity contribution in [1.82, 2.24) is 4.90 Å². The fourth-order valence-electron chi connectivity index (χ4n) is 3.95. The molecule has 1 saturated carbocycles. The molecule has 1 N–H and O–H groups in total. The van der Waals surface area contributed by atoms with Gasteiger partial charge in [-0.1, -0.05) is 85.8 Å². The monoisotopic (exact) mass is 333 g/mol. The molecular weight excluding hydrogens is 310 g/mol. The molecule has 128 valence electrons. The van der Waals surface area contributed by atoms with E-state index in [9.17, 15) is 9.90 Å². The van der Waals surface area contributed by atoms with Gasteiger partial charge in [0.2, 0.25) is 0 Å². The molecule has 3 heteroatoms. The standard InChI is InChI=1S/C22H23NO2/c1-2-22(18-12-6-3-7-13-18,19-14-8-4-9-15-19)23(21(24)25)20-16-10-5-11-17-20/h1,3-4,6-9,12-15,20H,5,10-11,16-17H2,(H,24,25). The van der Waals surface area contributed by atoms with Gasteiger partial charge in [-0.2, -0.15) is 0 Å². The lowest BCUT2D eigenvalue weighted by molar-refractivity contribution is 0.0718. The summed E-state index contributed by atoms with van der Waals surface area (Å²) >= 11 is 0. The first kappa shape index (κ1) is 17.1. The van der Waals surface area contributed by atoms with Crippen molar-refractivity contribution in [2.75, 3.05) is 0 Å². The summed E-state index contributed by atoms with van der Waals surface area (Å²) in [6, 6.07) is 19.1. The summed E-state index contributed by atoms with van der Waals surface area (Å²) in [6.45, 7) is 0. The average molecular weight is 333 g/mol. The molecule has 3 nitrogen and oxygen atoms in total. The van der Waals surface area contributed by atoms with Gasteiger partial charge in [-0.15, -0.1) is 6.42 Å². The molecule has 0 atom stereocenters. The summed E-state index contributed by atoms with van der Waals surface area (Å²) in [5.41, 5.74) is 0.518. The van der Waals surface area contributed by atoms with E-state index in [1.54, 1.807) is 0 Å². The minimum atomic E-state index is -1.11. The Hall–Kier alpha value is -2.73. The van der Waals surface area contributed by atoms with E-state index < -0.39 is 11.6 Å². The maximum atomic E-state index is 12.4. The van der Waals surface area contributed by atoms with Gasteiger partial charge < -0.3 is 5.11 Å². The molecule has 0 heterocycles. The van der Waals surface area contributed by atoms with Gasteiger partial charge in [-0.05, 0) is 24.0 Å². The van der Waals surface area contributed by atoms with E-state index in [-0.39, 0.29) is 6.04 Å². The van der Waals surface area contributed by atoms with Crippen molar-refractivity contribution >= 4 is 6.09 Å². The summed E-state index contributed by atoms with van der Waals surface area (Å²) in [6.07, 6.45) is 10.1. The predicted octanol–water partition coefficient (Wildman–Crippen LogP) is 4.88. The SMILES string of the molecule is C#CC(c1ccccc1)(c1ccccc1)N(C(=O)O)C1CCCCC1. The largest absolute Gasteiger partial charge is 0.465 e. The van der Waals surface area contributed by atoms with Gasteiger partial charge in [0, 0.05) is 6.04 Å². The lowest BCUT2D eigenvalue weighted by Crippen LogP contribution is -2.54. The highest BCUT2D eigenvalue weighted by atomic mass is 16.4. The first-order valence-electron chi connectivity index (χ1n) is 8.81. The number of terminal acetylenes is 1. The van der Waals surface area contributed by atoms with E-state index in [0.717, 1.165) is 43.2 Å². The van der Waals surface area contributed by atoms with Crippen molar-refractivity contribution in [3.8, 4) is 12.3 Å². The highest BCUT2D eigenvalue weighted by Crippen LogP contribution is 2.40. The van der Waals surface area contributed by atoms with Crippen molar-refractivity contribution in [1.29, 1.82) is 0 Å². The lowest BCUT2D eigenvalue weighted by atomic mass is 9.79. The Kier molecular flexibility index (Phi) is 5.09. The third-order valence-electron chi connectivity index (χ3n) is 5.10. The third-order valence-corrected chi connectivity index (χ3v) is 5.10. The van der Waals surface area contributed by atoms with Crippen molar-refractivity contribution in [2.24, 2.45) is 0 Å². The molecule has 0 unspecified atom stereocenters. The van der Waals surface area contributed by atoms with Crippen LogP contribution in [0.4, 0.5) is 4.79 Å². The molecule has 0 bridgehead atoms. The Bertz CT molecular complexity index is 703. The fourth-order valence-corrected chi connectivity index (χ4v) is 3.95. The normalized spacial score (nSPS) is 15.3. The van der Waals surface area contributed by atoms with Crippen LogP contribution in [0.3, 0.4) is 0 Å². The van der Waals surface area contributed by atoms with Crippen LogP contribution in [0.2, 0.25) is 0 Å². The van der Waals surface area contributed by atoms with Crippen LogP contribution < -0.4 is 0 Å². The zero-order valence-corrected chi connectivity index (χ0v) is 14.3. The average Bonchev–Trinajstić information content (AvgIpc) is 2.68. The molecular formula is C22H23NO2. The van der Waals surface area contributed by atoms with E-state index in [1.165, 1.54) is 4.90 Å². The number of hydrogen-bond donors (Lipinski definition) is 1. The quantitative estimate of drug-likeness (QED) is 0.810. The van der Waals surface area contributed by atoms with Gasteiger partial charge in [-0.3, -0.25) is 4.90 Å². The van der Waals surface area contributed by atoms with E-state index in [0.29, 0.717) is 0 Å². The molecule has 1 fully saturated rings. The van der Waals surface area contributed by atoms with Crippen LogP contribution in [0.25, 0.3) is 0 Å². The molecule has 0 saturated heterocycles. The van der Waals surface area contributed by atoms with Crippen LogP contribution in [0.5, 0.6) is 0 Å². The summed E-state index contributed by atoms with van der Waals surface area (Å²) in [4.78, 5) is 13.9. The number of carbonyl (C=O) groups is 1. The number of benzene rings is 2. The van der Waals surface area contributed by atoms with E-state index in [4.69, 9.17) is 6.42 Å². The van der Waals surface area contributed by atoms with Crippen LogP contribution in [0.15, 0.2) is 60.7 Å². The van der Waals surface area contributed by atoms with E-state index >= 15 is 0 Å². The van der Waals surface area contributed by atoms with Gasteiger partial charge in [0.1, 0.15) is 0 Å². The van der Waals surface area contributed by atoms with Gasteiger partial charge in [0.15, 0.2) is 5.54 Å². The highest BCUT2D eigenvalue weighted by molar-refractivity contribution is 5.70. The van der Waals surface area contributed by atoms with E-state index in [2.05, 4.69) is 5.92 Å². The van der Waals surface area contributed by atoms with Crippen molar-refractivity contribution < 1.29 is 9.90 Å². The van der Waals surface area contributed by atoms with Crippen LogP contribution in [-0.2, 0) is 5.54 Å². The minimum Gasteiger partial charge on any atom is -0.465 e. The van der Waals surface area contributed by atoms with E-state index in [1.807, 2.05) is 60.7 Å². The fraction of sp³-hybridized carbons (Fsp3) is 0.318. The Morgan fingerprint density at radius 1 is 0.960 bits per heavy atom. The Labute approximate surface area is 149 Å². The zero-order chi connectivity index (χ0) is 17.7. The molecule has 2 aromatic rings. The van der Waals surface area contributed by atoms with Gasteiger partial charge in [0.05, 0.1) is 0 Å². The van der Waals surface area contributed by atoms with Gasteiger partial charge in [0.25, 0.3) is 0 Å². The zero-order valence-electron chi connectivity index (χ0n) is 14.3. The molecule has 0 radical (unpaired) electrons. The van der Waals surface area contributed by atoms with Crippen LogP contribution in [-0.4, -0.2) is 22.1 Å². The molecule has 1 aliphatic rings. The topological polar surface area (TPSA) is 40.5 Å². The number of hydrogen-bond acceptors (Lipinski definition) is 1. The molecule has 25 heavy (non-hydrogen) atoms. The molecule has 3 rings (SSSR count). The number of carboxylic acid groups (broad SMARTS) is 1. The second-order valence-corrected chi connectivity index (χ2v) is 6.53. The smallest absolute Gasteiger partial charge is 0.409 e. The van der Waals surface area contributed by atoms with Crippen LogP contribution in [0.1, 0.15) is 43.2 Å². The first-order valence-corrected chi connectivity index (χ1v) is 8.81. The molecule has 0 aromatic heterocycles. The Morgan fingerprint density at radius 2 is 1.44 bits per heavy atom. The van der Waals surface area contributed by atoms with Crippen LogP contribution >= 0.6 is 0 Å². The molecule has 0 aliphatic heterocycles. The number of amides is 1. The van der Waals surface area contributed by atoms with Gasteiger partial charge in [-0.25, -0.2) is 4.79 Å².